The number of thioether (sulfide) groups is 1. The third-order valence-corrected chi connectivity index (χ3v) is 5.34. The van der Waals surface area contributed by atoms with Crippen LogP contribution in [-0.2, 0) is 6.42 Å². The van der Waals surface area contributed by atoms with Crippen molar-refractivity contribution in [2.45, 2.75) is 31.2 Å². The standard InChI is InChI=1S/C18H26N4OS/c1-21(2)15-11-13(12-15)18-19-17(9-10-24-4)20-22(18)14-5-7-16(23-3)8-6-14/h5-8,13,15H,9-12H2,1-4H3. The van der Waals surface area contributed by atoms with Gasteiger partial charge in [0.15, 0.2) is 5.82 Å². The SMILES string of the molecule is COc1ccc(-n2nc(CCSC)nc2C2CC(N(C)C)C2)cc1. The Morgan fingerprint density at radius 1 is 1.25 bits per heavy atom. The number of aryl methyl sites for hydroxylation is 1. The zero-order valence-corrected chi connectivity index (χ0v) is 15.7. The monoisotopic (exact) mass is 346 g/mol. The number of rotatable bonds is 7. The normalized spacial score (nSPS) is 20.2. The third-order valence-electron chi connectivity index (χ3n) is 4.73. The number of aromatic nitrogens is 3. The first-order valence-corrected chi connectivity index (χ1v) is 9.77. The molecule has 24 heavy (non-hydrogen) atoms. The minimum absolute atomic E-state index is 0.495. The van der Waals surface area contributed by atoms with Crippen molar-refractivity contribution in [3.63, 3.8) is 0 Å². The van der Waals surface area contributed by atoms with E-state index in [0.29, 0.717) is 12.0 Å². The summed E-state index contributed by atoms with van der Waals surface area (Å²) in [6.45, 7) is 0. The van der Waals surface area contributed by atoms with Crippen LogP contribution in [-0.4, -0.2) is 58.9 Å². The topological polar surface area (TPSA) is 43.2 Å². The lowest BCUT2D eigenvalue weighted by atomic mass is 9.79. The molecule has 0 spiro atoms. The van der Waals surface area contributed by atoms with Gasteiger partial charge in [-0.05, 0) is 57.5 Å². The molecule has 1 saturated carbocycles. The van der Waals surface area contributed by atoms with Crippen molar-refractivity contribution in [1.82, 2.24) is 19.7 Å². The first-order chi connectivity index (χ1) is 11.6. The van der Waals surface area contributed by atoms with E-state index in [2.05, 4.69) is 37.4 Å². The molecule has 1 aliphatic carbocycles. The van der Waals surface area contributed by atoms with Crippen LogP contribution in [0.2, 0.25) is 0 Å². The van der Waals surface area contributed by atoms with Gasteiger partial charge in [0.25, 0.3) is 0 Å². The van der Waals surface area contributed by atoms with Crippen LogP contribution in [0.15, 0.2) is 24.3 Å². The van der Waals surface area contributed by atoms with Crippen molar-refractivity contribution < 1.29 is 4.74 Å². The van der Waals surface area contributed by atoms with Crippen molar-refractivity contribution in [3.8, 4) is 11.4 Å². The number of ether oxygens (including phenoxy) is 1. The molecular weight excluding hydrogens is 320 g/mol. The number of hydrogen-bond acceptors (Lipinski definition) is 5. The summed E-state index contributed by atoms with van der Waals surface area (Å²) < 4.78 is 7.29. The highest BCUT2D eigenvalue weighted by molar-refractivity contribution is 7.98. The van der Waals surface area contributed by atoms with Crippen LogP contribution in [0.1, 0.15) is 30.4 Å². The van der Waals surface area contributed by atoms with Gasteiger partial charge in [-0.3, -0.25) is 0 Å². The molecule has 1 aliphatic rings. The van der Waals surface area contributed by atoms with Crippen molar-refractivity contribution in [2.75, 3.05) is 33.2 Å². The second kappa shape index (κ2) is 7.57. The van der Waals surface area contributed by atoms with Gasteiger partial charge < -0.3 is 9.64 Å². The largest absolute Gasteiger partial charge is 0.497 e. The van der Waals surface area contributed by atoms with Crippen molar-refractivity contribution in [2.24, 2.45) is 0 Å². The zero-order valence-electron chi connectivity index (χ0n) is 14.9. The first kappa shape index (κ1) is 17.3. The molecule has 0 radical (unpaired) electrons. The molecule has 130 valence electrons. The number of hydrogen-bond donors (Lipinski definition) is 0. The molecule has 0 bridgehead atoms. The summed E-state index contributed by atoms with van der Waals surface area (Å²) in [5.74, 6) is 4.46. The summed E-state index contributed by atoms with van der Waals surface area (Å²) in [4.78, 5) is 7.18. The third kappa shape index (κ3) is 3.59. The van der Waals surface area contributed by atoms with Crippen LogP contribution in [0.4, 0.5) is 0 Å². The summed E-state index contributed by atoms with van der Waals surface area (Å²) in [6, 6.07) is 8.72. The molecule has 1 aromatic heterocycles. The van der Waals surface area contributed by atoms with E-state index >= 15 is 0 Å². The fourth-order valence-corrected chi connectivity index (χ4v) is 3.45. The van der Waals surface area contributed by atoms with Crippen LogP contribution in [0.3, 0.4) is 0 Å². The number of methoxy groups -OCH3 is 1. The average molecular weight is 347 g/mol. The molecule has 1 aromatic carbocycles. The van der Waals surface area contributed by atoms with E-state index in [1.807, 2.05) is 28.6 Å². The van der Waals surface area contributed by atoms with Gasteiger partial charge in [-0.15, -0.1) is 0 Å². The van der Waals surface area contributed by atoms with Crippen molar-refractivity contribution in [3.05, 3.63) is 35.9 Å². The predicted molar refractivity (Wildman–Crippen MR) is 99.4 cm³/mol. The zero-order chi connectivity index (χ0) is 17.1. The fraction of sp³-hybridized carbons (Fsp3) is 0.556. The molecule has 1 fully saturated rings. The fourth-order valence-electron chi connectivity index (χ4n) is 3.07. The van der Waals surface area contributed by atoms with Crippen LogP contribution in [0.25, 0.3) is 5.69 Å². The van der Waals surface area contributed by atoms with Gasteiger partial charge in [-0.2, -0.15) is 16.9 Å². The Hall–Kier alpha value is -1.53. The lowest BCUT2D eigenvalue weighted by Crippen LogP contribution is -2.40. The summed E-state index contributed by atoms with van der Waals surface area (Å²) in [5.41, 5.74) is 1.06. The second-order valence-corrected chi connectivity index (χ2v) is 7.51. The number of nitrogens with zero attached hydrogens (tertiary/aromatic N) is 4. The summed E-state index contributed by atoms with van der Waals surface area (Å²) in [6.07, 6.45) is 5.35. The van der Waals surface area contributed by atoms with E-state index in [-0.39, 0.29) is 0 Å². The van der Waals surface area contributed by atoms with Gasteiger partial charge in [-0.1, -0.05) is 0 Å². The smallest absolute Gasteiger partial charge is 0.152 e. The second-order valence-electron chi connectivity index (χ2n) is 6.52. The maximum absolute atomic E-state index is 5.26. The van der Waals surface area contributed by atoms with E-state index in [1.54, 1.807) is 7.11 Å². The van der Waals surface area contributed by atoms with Gasteiger partial charge >= 0.3 is 0 Å². The molecular formula is C18H26N4OS. The van der Waals surface area contributed by atoms with E-state index in [0.717, 1.165) is 48.1 Å². The molecule has 1 heterocycles. The number of benzene rings is 1. The Kier molecular flexibility index (Phi) is 5.46. The van der Waals surface area contributed by atoms with Crippen LogP contribution < -0.4 is 4.74 Å². The van der Waals surface area contributed by atoms with Crippen LogP contribution in [0.5, 0.6) is 5.75 Å². The maximum Gasteiger partial charge on any atom is 0.152 e. The summed E-state index contributed by atoms with van der Waals surface area (Å²) in [5, 5.41) is 4.78. The molecule has 0 unspecified atom stereocenters. The van der Waals surface area contributed by atoms with E-state index < -0.39 is 0 Å². The molecule has 0 N–H and O–H groups in total. The van der Waals surface area contributed by atoms with E-state index in [1.165, 1.54) is 0 Å². The summed E-state index contributed by atoms with van der Waals surface area (Å²) in [7, 11) is 5.99. The highest BCUT2D eigenvalue weighted by Gasteiger charge is 2.35. The van der Waals surface area contributed by atoms with Crippen molar-refractivity contribution in [1.29, 1.82) is 0 Å². The molecule has 0 atom stereocenters. The lowest BCUT2D eigenvalue weighted by Gasteiger charge is -2.39. The van der Waals surface area contributed by atoms with E-state index in [4.69, 9.17) is 14.8 Å². The molecule has 0 amide bonds. The molecule has 5 nitrogen and oxygen atoms in total. The van der Waals surface area contributed by atoms with Gasteiger partial charge in [-0.25, -0.2) is 9.67 Å². The Bertz CT molecular complexity index is 662. The van der Waals surface area contributed by atoms with Gasteiger partial charge in [0, 0.05) is 24.1 Å². The van der Waals surface area contributed by atoms with Crippen molar-refractivity contribution >= 4 is 11.8 Å². The molecule has 0 saturated heterocycles. The van der Waals surface area contributed by atoms with Crippen LogP contribution in [0, 0.1) is 0 Å². The van der Waals surface area contributed by atoms with Gasteiger partial charge in [0.1, 0.15) is 11.6 Å². The Balaban J connectivity index is 1.86. The van der Waals surface area contributed by atoms with E-state index in [9.17, 15) is 0 Å². The highest BCUT2D eigenvalue weighted by atomic mass is 32.2. The molecule has 3 rings (SSSR count). The minimum Gasteiger partial charge on any atom is -0.497 e. The Labute approximate surface area is 148 Å². The minimum atomic E-state index is 0.495. The Morgan fingerprint density at radius 3 is 2.54 bits per heavy atom. The van der Waals surface area contributed by atoms with Crippen LogP contribution >= 0.6 is 11.8 Å². The van der Waals surface area contributed by atoms with Gasteiger partial charge in [0.05, 0.1) is 12.8 Å². The maximum atomic E-state index is 5.26. The quantitative estimate of drug-likeness (QED) is 0.771. The summed E-state index contributed by atoms with van der Waals surface area (Å²) >= 11 is 1.83. The Morgan fingerprint density at radius 2 is 1.96 bits per heavy atom. The molecule has 2 aromatic rings. The lowest BCUT2D eigenvalue weighted by molar-refractivity contribution is 0.160. The molecule has 6 heteroatoms. The highest BCUT2D eigenvalue weighted by Crippen LogP contribution is 2.39. The predicted octanol–water partition coefficient (Wildman–Crippen LogP) is 2.99. The first-order valence-electron chi connectivity index (χ1n) is 8.38. The van der Waals surface area contributed by atoms with Gasteiger partial charge in [0.2, 0.25) is 0 Å². The average Bonchev–Trinajstić information content (AvgIpc) is 2.95. The molecule has 0 aliphatic heterocycles.